The summed E-state index contributed by atoms with van der Waals surface area (Å²) < 4.78 is 11.5. The standard InChI is InChI=1S/C14H16BrNO2/c1-8-7-12(17-3)9(2)6-10(8)14(16)11-4-5-13(15)18-11/h4-7,14H,16H2,1-3H3. The Morgan fingerprint density at radius 3 is 2.50 bits per heavy atom. The summed E-state index contributed by atoms with van der Waals surface area (Å²) in [5, 5.41) is 0. The molecule has 0 aliphatic rings. The molecule has 2 aromatic rings. The third-order valence-corrected chi connectivity index (χ3v) is 3.45. The first-order chi connectivity index (χ1) is 8.52. The highest BCUT2D eigenvalue weighted by atomic mass is 79.9. The molecule has 4 heteroatoms. The minimum Gasteiger partial charge on any atom is -0.496 e. The molecular formula is C14H16BrNO2. The van der Waals surface area contributed by atoms with Gasteiger partial charge in [-0.05, 0) is 64.7 Å². The van der Waals surface area contributed by atoms with Crippen molar-refractivity contribution in [3.8, 4) is 5.75 Å². The second-order valence-electron chi connectivity index (χ2n) is 4.30. The Balaban J connectivity index is 2.42. The van der Waals surface area contributed by atoms with Crippen LogP contribution in [0.15, 0.2) is 33.4 Å². The lowest BCUT2D eigenvalue weighted by atomic mass is 9.97. The predicted molar refractivity (Wildman–Crippen MR) is 74.9 cm³/mol. The molecule has 1 aromatic heterocycles. The first-order valence-electron chi connectivity index (χ1n) is 5.69. The smallest absolute Gasteiger partial charge is 0.169 e. The lowest BCUT2D eigenvalue weighted by molar-refractivity contribution is 0.410. The SMILES string of the molecule is COc1cc(C)c(C(N)c2ccc(Br)o2)cc1C. The van der Waals surface area contributed by atoms with Crippen LogP contribution in [0.5, 0.6) is 5.75 Å². The van der Waals surface area contributed by atoms with Crippen LogP contribution < -0.4 is 10.5 Å². The molecule has 0 radical (unpaired) electrons. The molecule has 1 atom stereocenters. The summed E-state index contributed by atoms with van der Waals surface area (Å²) in [5.41, 5.74) is 9.45. The molecule has 0 aliphatic heterocycles. The number of hydrogen-bond acceptors (Lipinski definition) is 3. The maximum absolute atomic E-state index is 6.24. The lowest BCUT2D eigenvalue weighted by Gasteiger charge is -2.15. The van der Waals surface area contributed by atoms with Crippen molar-refractivity contribution in [1.29, 1.82) is 0 Å². The molecule has 0 fully saturated rings. The third kappa shape index (κ3) is 2.44. The van der Waals surface area contributed by atoms with Gasteiger partial charge in [-0.1, -0.05) is 6.07 Å². The van der Waals surface area contributed by atoms with Gasteiger partial charge >= 0.3 is 0 Å². The number of ether oxygens (including phenoxy) is 1. The highest BCUT2D eigenvalue weighted by Crippen LogP contribution is 2.30. The Morgan fingerprint density at radius 2 is 1.94 bits per heavy atom. The van der Waals surface area contributed by atoms with Gasteiger partial charge in [0, 0.05) is 0 Å². The van der Waals surface area contributed by atoms with Gasteiger partial charge in [0.15, 0.2) is 4.67 Å². The number of nitrogens with two attached hydrogens (primary N) is 1. The first kappa shape index (κ1) is 13.2. The lowest BCUT2D eigenvalue weighted by Crippen LogP contribution is -2.13. The third-order valence-electron chi connectivity index (χ3n) is 3.02. The van der Waals surface area contributed by atoms with E-state index in [1.54, 1.807) is 7.11 Å². The van der Waals surface area contributed by atoms with Crippen LogP contribution in [0.4, 0.5) is 0 Å². The molecule has 0 aliphatic carbocycles. The summed E-state index contributed by atoms with van der Waals surface area (Å²) in [6, 6.07) is 7.52. The normalized spacial score (nSPS) is 12.5. The highest BCUT2D eigenvalue weighted by Gasteiger charge is 2.16. The van der Waals surface area contributed by atoms with Crippen LogP contribution >= 0.6 is 15.9 Å². The van der Waals surface area contributed by atoms with Gasteiger partial charge in [-0.25, -0.2) is 0 Å². The van der Waals surface area contributed by atoms with Crippen LogP contribution in [0.1, 0.15) is 28.5 Å². The predicted octanol–water partition coefficient (Wildman–Crippen LogP) is 3.72. The first-order valence-corrected chi connectivity index (χ1v) is 6.48. The topological polar surface area (TPSA) is 48.4 Å². The van der Waals surface area contributed by atoms with Crippen molar-refractivity contribution in [2.75, 3.05) is 7.11 Å². The van der Waals surface area contributed by atoms with Crippen molar-refractivity contribution in [3.05, 3.63) is 51.4 Å². The Labute approximate surface area is 115 Å². The van der Waals surface area contributed by atoms with E-state index >= 15 is 0 Å². The Kier molecular flexibility index (Phi) is 3.78. The average Bonchev–Trinajstić information content (AvgIpc) is 2.77. The monoisotopic (exact) mass is 309 g/mol. The van der Waals surface area contributed by atoms with Gasteiger partial charge in [0.1, 0.15) is 11.5 Å². The Morgan fingerprint density at radius 1 is 1.22 bits per heavy atom. The van der Waals surface area contributed by atoms with E-state index in [1.165, 1.54) is 0 Å². The molecule has 0 saturated carbocycles. The number of furan rings is 1. The largest absolute Gasteiger partial charge is 0.496 e. The van der Waals surface area contributed by atoms with E-state index < -0.39 is 0 Å². The highest BCUT2D eigenvalue weighted by molar-refractivity contribution is 9.10. The Bertz CT molecular complexity index is 563. The molecule has 0 amide bonds. The zero-order valence-electron chi connectivity index (χ0n) is 10.7. The van der Waals surface area contributed by atoms with Crippen LogP contribution in [0.25, 0.3) is 0 Å². The summed E-state index contributed by atoms with van der Waals surface area (Å²) in [7, 11) is 1.67. The fraction of sp³-hybridized carbons (Fsp3) is 0.286. The van der Waals surface area contributed by atoms with E-state index in [-0.39, 0.29) is 6.04 Å². The van der Waals surface area contributed by atoms with E-state index in [0.29, 0.717) is 4.67 Å². The van der Waals surface area contributed by atoms with E-state index in [1.807, 2.05) is 32.0 Å². The van der Waals surface area contributed by atoms with Gasteiger partial charge < -0.3 is 14.9 Å². The van der Waals surface area contributed by atoms with Gasteiger partial charge in [-0.3, -0.25) is 0 Å². The van der Waals surface area contributed by atoms with E-state index in [0.717, 1.165) is 28.2 Å². The molecule has 0 spiro atoms. The number of hydrogen-bond donors (Lipinski definition) is 1. The Hall–Kier alpha value is -1.26. The zero-order valence-corrected chi connectivity index (χ0v) is 12.2. The van der Waals surface area contributed by atoms with Crippen molar-refractivity contribution in [3.63, 3.8) is 0 Å². The molecule has 1 heterocycles. The quantitative estimate of drug-likeness (QED) is 0.940. The number of methoxy groups -OCH3 is 1. The van der Waals surface area contributed by atoms with Crippen molar-refractivity contribution in [1.82, 2.24) is 0 Å². The maximum Gasteiger partial charge on any atom is 0.169 e. The number of benzene rings is 1. The van der Waals surface area contributed by atoms with Gasteiger partial charge in [0.25, 0.3) is 0 Å². The minimum atomic E-state index is -0.263. The maximum atomic E-state index is 6.24. The zero-order chi connectivity index (χ0) is 13.3. The van der Waals surface area contributed by atoms with Crippen LogP contribution in [-0.4, -0.2) is 7.11 Å². The van der Waals surface area contributed by atoms with Gasteiger partial charge in [-0.2, -0.15) is 0 Å². The van der Waals surface area contributed by atoms with Crippen LogP contribution in [0.2, 0.25) is 0 Å². The molecular weight excluding hydrogens is 294 g/mol. The summed E-state index contributed by atoms with van der Waals surface area (Å²) >= 11 is 3.29. The number of halogens is 1. The van der Waals surface area contributed by atoms with E-state index in [9.17, 15) is 0 Å². The van der Waals surface area contributed by atoms with Crippen molar-refractivity contribution in [2.24, 2.45) is 5.73 Å². The molecule has 0 bridgehead atoms. The van der Waals surface area contributed by atoms with Crippen molar-refractivity contribution in [2.45, 2.75) is 19.9 Å². The van der Waals surface area contributed by atoms with Crippen molar-refractivity contribution >= 4 is 15.9 Å². The second-order valence-corrected chi connectivity index (χ2v) is 5.08. The molecule has 2 N–H and O–H groups in total. The van der Waals surface area contributed by atoms with Gasteiger partial charge in [0.05, 0.1) is 13.2 Å². The van der Waals surface area contributed by atoms with Gasteiger partial charge in [-0.15, -0.1) is 0 Å². The number of aryl methyl sites for hydroxylation is 2. The fourth-order valence-corrected chi connectivity index (χ4v) is 2.33. The van der Waals surface area contributed by atoms with E-state index in [2.05, 4.69) is 22.0 Å². The minimum absolute atomic E-state index is 0.263. The molecule has 3 nitrogen and oxygen atoms in total. The second kappa shape index (κ2) is 5.16. The summed E-state index contributed by atoms with van der Waals surface area (Å²) in [4.78, 5) is 0. The summed E-state index contributed by atoms with van der Waals surface area (Å²) in [5.74, 6) is 1.62. The molecule has 0 saturated heterocycles. The molecule has 1 aromatic carbocycles. The fourth-order valence-electron chi connectivity index (χ4n) is 2.02. The molecule has 18 heavy (non-hydrogen) atoms. The van der Waals surface area contributed by atoms with Crippen LogP contribution in [0.3, 0.4) is 0 Å². The van der Waals surface area contributed by atoms with Crippen LogP contribution in [0, 0.1) is 13.8 Å². The number of rotatable bonds is 3. The molecule has 96 valence electrons. The molecule has 1 unspecified atom stereocenters. The summed E-state index contributed by atoms with van der Waals surface area (Å²) in [6.07, 6.45) is 0. The average molecular weight is 310 g/mol. The van der Waals surface area contributed by atoms with Crippen molar-refractivity contribution < 1.29 is 9.15 Å². The summed E-state index contributed by atoms with van der Waals surface area (Å²) in [6.45, 7) is 4.03. The van der Waals surface area contributed by atoms with Gasteiger partial charge in [0.2, 0.25) is 0 Å². The molecule has 2 rings (SSSR count). The van der Waals surface area contributed by atoms with E-state index in [4.69, 9.17) is 14.9 Å². The van der Waals surface area contributed by atoms with Crippen LogP contribution in [-0.2, 0) is 0 Å².